The number of rotatable bonds is 18. The van der Waals surface area contributed by atoms with E-state index in [0.717, 1.165) is 11.3 Å². The van der Waals surface area contributed by atoms with Crippen molar-refractivity contribution < 1.29 is 34.5 Å². The highest BCUT2D eigenvalue weighted by Gasteiger charge is 2.53. The van der Waals surface area contributed by atoms with Crippen LogP contribution in [-0.4, -0.2) is 101 Å². The number of anilines is 3. The summed E-state index contributed by atoms with van der Waals surface area (Å²) >= 11 is 0. The Hall–Kier alpha value is -5.82. The van der Waals surface area contributed by atoms with Gasteiger partial charge in [0.2, 0.25) is 11.9 Å². The van der Waals surface area contributed by atoms with E-state index >= 15 is 0 Å². The number of hydroxylamine groups is 2. The summed E-state index contributed by atoms with van der Waals surface area (Å²) in [6, 6.07) is 15.0. The third kappa shape index (κ3) is 11.2. The number of carboxylic acids is 1. The highest BCUT2D eigenvalue weighted by Crippen LogP contribution is 2.45. The van der Waals surface area contributed by atoms with E-state index in [0.29, 0.717) is 37.1 Å². The Morgan fingerprint density at radius 1 is 1.07 bits per heavy atom. The van der Waals surface area contributed by atoms with Crippen molar-refractivity contribution in [1.29, 1.82) is 0 Å². The van der Waals surface area contributed by atoms with Gasteiger partial charge in [-0.25, -0.2) is 20.2 Å². The van der Waals surface area contributed by atoms with Crippen LogP contribution in [0.4, 0.5) is 17.5 Å². The molecule has 1 aliphatic heterocycles. The number of nitrogens with two attached hydrogens (primary N) is 2. The summed E-state index contributed by atoms with van der Waals surface area (Å²) in [5, 5.41) is 38.7. The lowest BCUT2D eigenvalue weighted by Crippen LogP contribution is -2.46. The number of aliphatic carboxylic acids is 1. The Morgan fingerprint density at radius 3 is 2.46 bits per heavy atom. The van der Waals surface area contributed by atoms with Crippen molar-refractivity contribution in [2.24, 2.45) is 11.0 Å². The van der Waals surface area contributed by atoms with Gasteiger partial charge in [0.1, 0.15) is 11.6 Å². The fourth-order valence-electron chi connectivity index (χ4n) is 7.17. The average molecular weight is 786 g/mol. The van der Waals surface area contributed by atoms with Gasteiger partial charge in [-0.15, -0.1) is 0 Å². The largest absolute Gasteiger partial charge is 0.480 e. The average Bonchev–Trinajstić information content (AvgIpc) is 3.42. The standard InChI is InChI=1S/C39H51N11O7/c1-24(2)16-39(17-29(52)21-51)22-38(3,57-50(39)19-25-8-6-5-7-9-25)23-43-48-31(53)15-14-30(36(55)56)45-35(54)26-10-12-28(13-11-26)49(4)20-27-18-42-34-32(44-27)33(40)46-37(41)47-34/h5-13,18,23-24,29-30,51-52H,14-17,19-22H2,1-4H3,(H,45,54)(H,48,53)(H,55,56)(H4,40,41,42,46,47)/t29?,30-,38+,39-/m0/s1. The molecule has 2 aromatic carbocycles. The zero-order valence-electron chi connectivity index (χ0n) is 32.5. The van der Waals surface area contributed by atoms with Crippen molar-refractivity contribution in [3.63, 3.8) is 0 Å². The first kappa shape index (κ1) is 42.3. The van der Waals surface area contributed by atoms with Crippen molar-refractivity contribution in [3.05, 3.63) is 77.6 Å². The van der Waals surface area contributed by atoms with Gasteiger partial charge in [0.15, 0.2) is 17.0 Å². The van der Waals surface area contributed by atoms with Crippen LogP contribution in [0.2, 0.25) is 0 Å². The molecule has 3 heterocycles. The molecule has 4 atom stereocenters. The molecule has 18 nitrogen and oxygen atoms in total. The first-order chi connectivity index (χ1) is 27.1. The zero-order chi connectivity index (χ0) is 41.3. The van der Waals surface area contributed by atoms with Gasteiger partial charge >= 0.3 is 5.97 Å². The summed E-state index contributed by atoms with van der Waals surface area (Å²) in [6.45, 7) is 6.37. The lowest BCUT2D eigenvalue weighted by molar-refractivity contribution is -0.214. The van der Waals surface area contributed by atoms with Crippen LogP contribution >= 0.6 is 0 Å². The molecule has 18 heteroatoms. The van der Waals surface area contributed by atoms with Crippen LogP contribution in [0.3, 0.4) is 0 Å². The first-order valence-electron chi connectivity index (χ1n) is 18.6. The third-order valence-corrected chi connectivity index (χ3v) is 9.57. The number of aliphatic hydroxyl groups excluding tert-OH is 2. The van der Waals surface area contributed by atoms with Crippen LogP contribution in [0.15, 0.2) is 65.9 Å². The molecule has 2 aromatic heterocycles. The topological polar surface area (TPSA) is 268 Å². The number of amides is 2. The number of benzene rings is 2. The maximum absolute atomic E-state index is 13.0. The van der Waals surface area contributed by atoms with Crippen molar-refractivity contribution in [2.75, 3.05) is 30.0 Å². The van der Waals surface area contributed by atoms with Crippen LogP contribution in [0.1, 0.15) is 74.5 Å². The number of fused-ring (bicyclic) bond motifs is 1. The molecule has 4 aromatic rings. The molecule has 0 bridgehead atoms. The molecule has 1 aliphatic rings. The lowest BCUT2D eigenvalue weighted by atomic mass is 9.77. The highest BCUT2D eigenvalue weighted by atomic mass is 16.7. The number of aromatic nitrogens is 4. The molecule has 1 saturated heterocycles. The SMILES string of the molecule is CC(C)C[C@]1(CC(O)CO)C[C@](C)(C=NNC(=O)CC[C@H](NC(=O)c2ccc(N(C)Cc3cnc4nc(N)nc(N)c4n3)cc2)C(=O)O)ON1Cc1ccccc1. The van der Waals surface area contributed by atoms with Crippen molar-refractivity contribution in [1.82, 2.24) is 35.7 Å². The number of nitrogen functional groups attached to an aromatic ring is 2. The fourth-order valence-corrected chi connectivity index (χ4v) is 7.17. The van der Waals surface area contributed by atoms with Gasteiger partial charge in [-0.2, -0.15) is 20.1 Å². The number of carbonyl (C=O) groups excluding carboxylic acids is 2. The molecule has 0 spiro atoms. The van der Waals surface area contributed by atoms with Crippen LogP contribution in [0.5, 0.6) is 0 Å². The number of hydrogen-bond acceptors (Lipinski definition) is 15. The summed E-state index contributed by atoms with van der Waals surface area (Å²) in [5.41, 5.74) is 15.6. The Balaban J connectivity index is 1.16. The number of carbonyl (C=O) groups is 3. The second kappa shape index (κ2) is 18.4. The van der Waals surface area contributed by atoms with E-state index in [4.69, 9.17) is 16.3 Å². The molecule has 0 saturated carbocycles. The number of nitrogens with one attached hydrogen (secondary N) is 2. The smallest absolute Gasteiger partial charge is 0.326 e. The maximum atomic E-state index is 13.0. The number of aliphatic hydroxyl groups is 2. The zero-order valence-corrected chi connectivity index (χ0v) is 32.5. The van der Waals surface area contributed by atoms with E-state index in [1.54, 1.807) is 30.5 Å². The number of carboxylic acid groups (broad SMARTS) is 1. The highest BCUT2D eigenvalue weighted by molar-refractivity contribution is 5.97. The van der Waals surface area contributed by atoms with E-state index in [-0.39, 0.29) is 48.2 Å². The lowest BCUT2D eigenvalue weighted by Gasteiger charge is -2.39. The van der Waals surface area contributed by atoms with E-state index in [9.17, 15) is 29.7 Å². The monoisotopic (exact) mass is 785 g/mol. The Morgan fingerprint density at radius 2 is 1.79 bits per heavy atom. The van der Waals surface area contributed by atoms with Gasteiger partial charge in [0.05, 0.1) is 42.9 Å². The van der Waals surface area contributed by atoms with E-state index in [2.05, 4.69) is 49.6 Å². The molecule has 1 unspecified atom stereocenters. The molecular weight excluding hydrogens is 734 g/mol. The van der Waals surface area contributed by atoms with E-state index in [1.165, 1.54) is 6.21 Å². The minimum absolute atomic E-state index is 0.00405. The van der Waals surface area contributed by atoms with Crippen molar-refractivity contribution >= 4 is 52.6 Å². The molecule has 57 heavy (non-hydrogen) atoms. The van der Waals surface area contributed by atoms with Crippen LogP contribution in [0, 0.1) is 5.92 Å². The van der Waals surface area contributed by atoms with Gasteiger partial charge < -0.3 is 37.0 Å². The van der Waals surface area contributed by atoms with Gasteiger partial charge in [-0.3, -0.25) is 14.4 Å². The van der Waals surface area contributed by atoms with E-state index in [1.807, 2.05) is 54.3 Å². The number of hydrazone groups is 1. The molecule has 1 fully saturated rings. The summed E-state index contributed by atoms with van der Waals surface area (Å²) in [4.78, 5) is 63.0. The molecular formula is C39H51N11O7. The van der Waals surface area contributed by atoms with Gasteiger partial charge in [0, 0.05) is 37.7 Å². The maximum Gasteiger partial charge on any atom is 0.326 e. The number of nitrogens with zero attached hydrogens (tertiary/aromatic N) is 7. The molecule has 5 rings (SSSR count). The Kier molecular flexibility index (Phi) is 13.7. The van der Waals surface area contributed by atoms with Crippen molar-refractivity contribution in [3.8, 4) is 0 Å². The second-order valence-corrected chi connectivity index (χ2v) is 15.1. The predicted molar refractivity (Wildman–Crippen MR) is 213 cm³/mol. The van der Waals surface area contributed by atoms with Crippen LogP contribution in [-0.2, 0) is 27.5 Å². The predicted octanol–water partition coefficient (Wildman–Crippen LogP) is 2.41. The Bertz CT molecular complexity index is 2050. The molecule has 0 aliphatic carbocycles. The van der Waals surface area contributed by atoms with Gasteiger partial charge in [0.25, 0.3) is 5.91 Å². The summed E-state index contributed by atoms with van der Waals surface area (Å²) < 4.78 is 0. The van der Waals surface area contributed by atoms with Gasteiger partial charge in [-0.1, -0.05) is 44.2 Å². The second-order valence-electron chi connectivity index (χ2n) is 15.1. The minimum Gasteiger partial charge on any atom is -0.480 e. The molecule has 2 amide bonds. The summed E-state index contributed by atoms with van der Waals surface area (Å²) in [5.74, 6) is -2.10. The van der Waals surface area contributed by atoms with E-state index < -0.39 is 47.7 Å². The van der Waals surface area contributed by atoms with Crippen molar-refractivity contribution in [2.45, 2.75) is 89.3 Å². The molecule has 0 radical (unpaired) electrons. The van der Waals surface area contributed by atoms with Crippen LogP contribution in [0.25, 0.3) is 11.2 Å². The van der Waals surface area contributed by atoms with Gasteiger partial charge in [-0.05, 0) is 61.9 Å². The summed E-state index contributed by atoms with van der Waals surface area (Å²) in [6.07, 6.45) is 3.01. The summed E-state index contributed by atoms with van der Waals surface area (Å²) in [7, 11) is 1.83. The van der Waals surface area contributed by atoms with Crippen LogP contribution < -0.4 is 27.1 Å². The molecule has 304 valence electrons. The fraction of sp³-hybridized carbons (Fsp3) is 0.436. The molecule has 9 N–H and O–H groups in total. The first-order valence-corrected chi connectivity index (χ1v) is 18.6. The minimum atomic E-state index is -1.34. The quantitative estimate of drug-likeness (QED) is 0.0564. The number of hydrogen-bond donors (Lipinski definition) is 7. The Labute approximate surface area is 330 Å². The third-order valence-electron chi connectivity index (χ3n) is 9.57. The normalized spacial score (nSPS) is 19.5.